The fourth-order valence-electron chi connectivity index (χ4n) is 3.53. The minimum atomic E-state index is 0.311. The Morgan fingerprint density at radius 3 is 2.93 bits per heavy atom. The van der Waals surface area contributed by atoms with Crippen molar-refractivity contribution in [3.05, 3.63) is 11.6 Å². The molecule has 1 aromatic heterocycles. The van der Waals surface area contributed by atoms with E-state index in [1.54, 1.807) is 7.11 Å². The van der Waals surface area contributed by atoms with Crippen LogP contribution in [0.3, 0.4) is 0 Å². The summed E-state index contributed by atoms with van der Waals surface area (Å²) < 4.78 is 12.7. The number of fused-ring (bicyclic) bond motifs is 1. The van der Waals surface area contributed by atoms with Crippen LogP contribution in [0, 0.1) is 5.41 Å². The molecule has 1 aliphatic carbocycles. The molecule has 2 N–H and O–H groups in total. The topological polar surface area (TPSA) is 85.6 Å². The molecule has 1 aliphatic heterocycles. The van der Waals surface area contributed by atoms with E-state index in [0.29, 0.717) is 18.1 Å². The van der Waals surface area contributed by atoms with E-state index in [9.17, 15) is 0 Å². The van der Waals surface area contributed by atoms with Crippen LogP contribution < -0.4 is 10.6 Å². The van der Waals surface area contributed by atoms with E-state index < -0.39 is 0 Å². The molecule has 3 rings (SSSR count). The molecule has 2 heterocycles. The third-order valence-electron chi connectivity index (χ3n) is 5.37. The molecule has 0 saturated heterocycles. The highest BCUT2D eigenvalue weighted by atomic mass is 16.5. The van der Waals surface area contributed by atoms with Gasteiger partial charge in [-0.25, -0.2) is 9.67 Å². The van der Waals surface area contributed by atoms with Gasteiger partial charge in [-0.1, -0.05) is 0 Å². The van der Waals surface area contributed by atoms with Crippen LogP contribution in [0.5, 0.6) is 0 Å². The number of guanidine groups is 1. The molecule has 1 fully saturated rings. The highest BCUT2D eigenvalue weighted by Crippen LogP contribution is 2.49. The summed E-state index contributed by atoms with van der Waals surface area (Å²) in [7, 11) is 1.67. The Balaban J connectivity index is 1.54. The average Bonchev–Trinajstić information content (AvgIpc) is 3.31. The van der Waals surface area contributed by atoms with E-state index in [4.69, 9.17) is 14.5 Å². The van der Waals surface area contributed by atoms with Crippen molar-refractivity contribution in [1.29, 1.82) is 0 Å². The molecule has 27 heavy (non-hydrogen) atoms. The van der Waals surface area contributed by atoms with Gasteiger partial charge in [0.15, 0.2) is 11.8 Å². The van der Waals surface area contributed by atoms with Gasteiger partial charge in [-0.05, 0) is 44.9 Å². The summed E-state index contributed by atoms with van der Waals surface area (Å²) in [4.78, 5) is 9.43. The van der Waals surface area contributed by atoms with Crippen molar-refractivity contribution in [2.45, 2.75) is 65.1 Å². The number of aryl methyl sites for hydroxylation is 1. The van der Waals surface area contributed by atoms with Gasteiger partial charge < -0.3 is 20.1 Å². The van der Waals surface area contributed by atoms with Crippen LogP contribution in [-0.4, -0.2) is 60.2 Å². The predicted octanol–water partition coefficient (Wildman–Crippen LogP) is 1.50. The van der Waals surface area contributed by atoms with Crippen molar-refractivity contribution in [3.63, 3.8) is 0 Å². The molecule has 0 aromatic carbocycles. The molecule has 1 aromatic rings. The molecule has 1 unspecified atom stereocenters. The van der Waals surface area contributed by atoms with Crippen molar-refractivity contribution >= 4 is 5.96 Å². The smallest absolute Gasteiger partial charge is 0.191 e. The Morgan fingerprint density at radius 2 is 2.22 bits per heavy atom. The molecular formula is C19H34N6O2. The molecule has 1 atom stereocenters. The van der Waals surface area contributed by atoms with Crippen molar-refractivity contribution in [2.24, 2.45) is 10.4 Å². The molecular weight excluding hydrogens is 344 g/mol. The Kier molecular flexibility index (Phi) is 7.07. The van der Waals surface area contributed by atoms with Gasteiger partial charge in [-0.15, -0.1) is 0 Å². The lowest BCUT2D eigenvalue weighted by Gasteiger charge is -2.25. The summed E-state index contributed by atoms with van der Waals surface area (Å²) in [6, 6.07) is 0.311. The highest BCUT2D eigenvalue weighted by molar-refractivity contribution is 5.80. The fourth-order valence-corrected chi connectivity index (χ4v) is 3.53. The Labute approximate surface area is 162 Å². The van der Waals surface area contributed by atoms with Crippen molar-refractivity contribution < 1.29 is 9.47 Å². The largest absolute Gasteiger partial charge is 0.382 e. The Morgan fingerprint density at radius 1 is 1.37 bits per heavy atom. The summed E-state index contributed by atoms with van der Waals surface area (Å²) in [5.74, 6) is 2.72. The summed E-state index contributed by atoms with van der Waals surface area (Å²) in [6.45, 7) is 8.79. The van der Waals surface area contributed by atoms with E-state index in [1.807, 2.05) is 11.6 Å². The number of nitrogens with zero attached hydrogens (tertiary/aromatic N) is 4. The molecule has 0 bridgehead atoms. The molecule has 0 spiro atoms. The van der Waals surface area contributed by atoms with Gasteiger partial charge in [-0.3, -0.25) is 4.99 Å². The number of aliphatic imine (C=N–C) groups is 1. The van der Waals surface area contributed by atoms with Gasteiger partial charge in [0.2, 0.25) is 0 Å². The lowest BCUT2D eigenvalue weighted by Crippen LogP contribution is -2.47. The monoisotopic (exact) mass is 378 g/mol. The SMILES string of the molecule is CCNC(=NCC1(CCOCC)CC1)NC1CCc2nc(COC)nn2C1. The van der Waals surface area contributed by atoms with Crippen LogP contribution in [0.2, 0.25) is 0 Å². The normalized spacial score (nSPS) is 21.0. The van der Waals surface area contributed by atoms with Crippen LogP contribution in [0.4, 0.5) is 0 Å². The fraction of sp³-hybridized carbons (Fsp3) is 0.842. The first-order valence-electron chi connectivity index (χ1n) is 10.2. The number of hydrogen-bond donors (Lipinski definition) is 2. The van der Waals surface area contributed by atoms with E-state index in [-0.39, 0.29) is 0 Å². The van der Waals surface area contributed by atoms with Gasteiger partial charge in [0.25, 0.3) is 0 Å². The first-order chi connectivity index (χ1) is 13.2. The van der Waals surface area contributed by atoms with Crippen LogP contribution in [0.1, 0.15) is 51.2 Å². The van der Waals surface area contributed by atoms with Gasteiger partial charge in [-0.2, -0.15) is 5.10 Å². The number of nitrogens with one attached hydrogen (secondary N) is 2. The van der Waals surface area contributed by atoms with Crippen molar-refractivity contribution in [1.82, 2.24) is 25.4 Å². The maximum atomic E-state index is 5.53. The van der Waals surface area contributed by atoms with Crippen molar-refractivity contribution in [3.8, 4) is 0 Å². The van der Waals surface area contributed by atoms with Crippen LogP contribution in [-0.2, 0) is 29.0 Å². The maximum Gasteiger partial charge on any atom is 0.191 e. The molecule has 0 amide bonds. The average molecular weight is 379 g/mol. The first kappa shape index (κ1) is 20.1. The zero-order chi connectivity index (χ0) is 19.1. The zero-order valence-electron chi connectivity index (χ0n) is 17.0. The highest BCUT2D eigenvalue weighted by Gasteiger charge is 2.42. The van der Waals surface area contributed by atoms with E-state index in [0.717, 1.165) is 69.7 Å². The van der Waals surface area contributed by atoms with Gasteiger partial charge in [0.1, 0.15) is 12.4 Å². The van der Waals surface area contributed by atoms with Crippen molar-refractivity contribution in [2.75, 3.05) is 33.4 Å². The third-order valence-corrected chi connectivity index (χ3v) is 5.37. The zero-order valence-corrected chi connectivity index (χ0v) is 17.0. The molecule has 8 nitrogen and oxygen atoms in total. The predicted molar refractivity (Wildman–Crippen MR) is 105 cm³/mol. The van der Waals surface area contributed by atoms with E-state index >= 15 is 0 Å². The second-order valence-electron chi connectivity index (χ2n) is 7.58. The summed E-state index contributed by atoms with van der Waals surface area (Å²) >= 11 is 0. The van der Waals surface area contributed by atoms with Crippen LogP contribution in [0.25, 0.3) is 0 Å². The Hall–Kier alpha value is -1.67. The van der Waals surface area contributed by atoms with Gasteiger partial charge >= 0.3 is 0 Å². The Bertz CT molecular complexity index is 626. The second kappa shape index (κ2) is 9.50. The molecule has 152 valence electrons. The van der Waals surface area contributed by atoms with Gasteiger partial charge in [0, 0.05) is 45.9 Å². The molecule has 2 aliphatic rings. The second-order valence-corrected chi connectivity index (χ2v) is 7.58. The lowest BCUT2D eigenvalue weighted by atomic mass is 10.0. The summed E-state index contributed by atoms with van der Waals surface area (Å²) in [6.07, 6.45) is 5.59. The molecule has 8 heteroatoms. The number of rotatable bonds is 10. The molecule has 0 radical (unpaired) electrons. The number of methoxy groups -OCH3 is 1. The third kappa shape index (κ3) is 5.65. The minimum absolute atomic E-state index is 0.311. The summed E-state index contributed by atoms with van der Waals surface area (Å²) in [5.41, 5.74) is 0.359. The minimum Gasteiger partial charge on any atom is -0.382 e. The number of ether oxygens (including phenoxy) is 2. The first-order valence-corrected chi connectivity index (χ1v) is 10.2. The summed E-state index contributed by atoms with van der Waals surface area (Å²) in [5, 5.41) is 11.5. The molecule has 1 saturated carbocycles. The van der Waals surface area contributed by atoms with Crippen LogP contribution >= 0.6 is 0 Å². The number of aromatic nitrogens is 3. The van der Waals surface area contributed by atoms with Gasteiger partial charge in [0.05, 0.1) is 6.54 Å². The maximum absolute atomic E-state index is 5.53. The lowest BCUT2D eigenvalue weighted by molar-refractivity contribution is 0.129. The number of hydrogen-bond acceptors (Lipinski definition) is 5. The van der Waals surface area contributed by atoms with Crippen LogP contribution in [0.15, 0.2) is 4.99 Å². The standard InChI is InChI=1S/C19H34N6O2/c1-4-20-18(21-14-19(8-9-19)10-11-27-5-2)22-15-6-7-17-23-16(13-26-3)24-25(17)12-15/h15H,4-14H2,1-3H3,(H2,20,21,22). The quantitative estimate of drug-likeness (QED) is 0.365. The van der Waals surface area contributed by atoms with E-state index in [1.165, 1.54) is 12.8 Å². The van der Waals surface area contributed by atoms with E-state index in [2.05, 4.69) is 27.6 Å².